The molecule has 9 heteroatoms. The monoisotopic (exact) mass is 481 g/mol. The number of aromatic nitrogens is 4. The van der Waals surface area contributed by atoms with E-state index in [9.17, 15) is 4.79 Å². The van der Waals surface area contributed by atoms with Crippen molar-refractivity contribution in [1.29, 1.82) is 0 Å². The molecule has 0 aliphatic heterocycles. The zero-order chi connectivity index (χ0) is 22.3. The first kappa shape index (κ1) is 22.6. The lowest BCUT2D eigenvalue weighted by Crippen LogP contribution is -2.24. The molecule has 4 aromatic rings. The number of nitrogens with one attached hydrogen (secondary N) is 2. The van der Waals surface area contributed by atoms with Crippen LogP contribution in [-0.4, -0.2) is 37.1 Å². The van der Waals surface area contributed by atoms with Crippen molar-refractivity contribution in [2.24, 2.45) is 0 Å². The molecule has 32 heavy (non-hydrogen) atoms. The van der Waals surface area contributed by atoms with Crippen LogP contribution in [0.1, 0.15) is 20.3 Å². The van der Waals surface area contributed by atoms with Gasteiger partial charge >= 0.3 is 0 Å². The molecule has 1 unspecified atom stereocenters. The zero-order valence-electron chi connectivity index (χ0n) is 17.7. The van der Waals surface area contributed by atoms with Crippen LogP contribution >= 0.6 is 34.9 Å². The maximum Gasteiger partial charge on any atom is 0.239 e. The standard InChI is InChI=1S/C23H23N5OS3/c1-3-17(20(29)26-22-27-28-23(32-22)30-4-2)31-21-24-18(15-11-7-5-8-12-15)19(25-21)16-13-9-6-10-14-16/h5-14,17H,3-4H2,1-2H3,(H,24,25)(H,26,27,29). The largest absolute Gasteiger partial charge is 0.332 e. The van der Waals surface area contributed by atoms with Gasteiger partial charge in [0.15, 0.2) is 9.50 Å². The third-order valence-corrected chi connectivity index (χ3v) is 7.72. The third kappa shape index (κ3) is 5.40. The van der Waals surface area contributed by atoms with Gasteiger partial charge in [0.05, 0.1) is 16.6 Å². The number of carbonyl (C=O) groups excluding carboxylic acids is 1. The Morgan fingerprint density at radius 1 is 1.03 bits per heavy atom. The summed E-state index contributed by atoms with van der Waals surface area (Å²) in [6.45, 7) is 4.06. The lowest BCUT2D eigenvalue weighted by atomic mass is 10.1. The highest BCUT2D eigenvalue weighted by Gasteiger charge is 2.23. The maximum atomic E-state index is 12.9. The number of benzene rings is 2. The van der Waals surface area contributed by atoms with Crippen LogP contribution in [0, 0.1) is 0 Å². The average Bonchev–Trinajstić information content (AvgIpc) is 3.45. The van der Waals surface area contributed by atoms with Crippen LogP contribution in [0.2, 0.25) is 0 Å². The summed E-state index contributed by atoms with van der Waals surface area (Å²) in [5.74, 6) is 0.822. The van der Waals surface area contributed by atoms with Crippen molar-refractivity contribution in [1.82, 2.24) is 20.2 Å². The number of H-pyrrole nitrogens is 1. The summed E-state index contributed by atoms with van der Waals surface area (Å²) in [5.41, 5.74) is 3.90. The van der Waals surface area contributed by atoms with Crippen molar-refractivity contribution in [2.75, 3.05) is 11.1 Å². The second kappa shape index (κ2) is 10.8. The number of carbonyl (C=O) groups is 1. The van der Waals surface area contributed by atoms with Crippen LogP contribution in [0.25, 0.3) is 22.5 Å². The highest BCUT2D eigenvalue weighted by Crippen LogP contribution is 2.34. The molecular weight excluding hydrogens is 458 g/mol. The Morgan fingerprint density at radius 3 is 2.38 bits per heavy atom. The van der Waals surface area contributed by atoms with Gasteiger partial charge in [-0.3, -0.25) is 10.1 Å². The smallest absolute Gasteiger partial charge is 0.239 e. The summed E-state index contributed by atoms with van der Waals surface area (Å²) in [5, 5.41) is 12.0. The zero-order valence-corrected chi connectivity index (χ0v) is 20.2. The predicted molar refractivity (Wildman–Crippen MR) is 134 cm³/mol. The molecular formula is C23H23N5OS3. The minimum atomic E-state index is -0.306. The molecule has 0 radical (unpaired) electrons. The minimum absolute atomic E-state index is 0.0966. The van der Waals surface area contributed by atoms with Crippen LogP contribution in [0.3, 0.4) is 0 Å². The van der Waals surface area contributed by atoms with Gasteiger partial charge < -0.3 is 4.98 Å². The quantitative estimate of drug-likeness (QED) is 0.218. The summed E-state index contributed by atoms with van der Waals surface area (Å²) < 4.78 is 0.856. The van der Waals surface area contributed by atoms with E-state index in [2.05, 4.69) is 39.6 Å². The van der Waals surface area contributed by atoms with Crippen LogP contribution in [0.5, 0.6) is 0 Å². The first-order valence-corrected chi connectivity index (χ1v) is 13.0. The molecule has 4 rings (SSSR count). The van der Waals surface area contributed by atoms with Crippen molar-refractivity contribution in [3.63, 3.8) is 0 Å². The molecule has 2 aromatic heterocycles. The van der Waals surface area contributed by atoms with E-state index in [0.29, 0.717) is 16.7 Å². The van der Waals surface area contributed by atoms with E-state index in [1.807, 2.05) is 55.5 Å². The van der Waals surface area contributed by atoms with Gasteiger partial charge in [-0.25, -0.2) is 4.98 Å². The van der Waals surface area contributed by atoms with E-state index in [1.165, 1.54) is 23.1 Å². The second-order valence-electron chi connectivity index (χ2n) is 6.81. The number of imidazole rings is 1. The fourth-order valence-corrected chi connectivity index (χ4v) is 5.67. The maximum absolute atomic E-state index is 12.9. The molecule has 2 heterocycles. The Bertz CT molecular complexity index is 1100. The van der Waals surface area contributed by atoms with Gasteiger partial charge in [0, 0.05) is 11.1 Å². The van der Waals surface area contributed by atoms with Crippen molar-refractivity contribution in [2.45, 2.75) is 35.0 Å². The Hall–Kier alpha value is -2.62. The molecule has 0 bridgehead atoms. The number of thioether (sulfide) groups is 2. The van der Waals surface area contributed by atoms with E-state index in [0.717, 1.165) is 32.6 Å². The van der Waals surface area contributed by atoms with E-state index in [-0.39, 0.29) is 11.2 Å². The van der Waals surface area contributed by atoms with Gasteiger partial charge in [0.1, 0.15) is 0 Å². The molecule has 2 N–H and O–H groups in total. The predicted octanol–water partition coefficient (Wildman–Crippen LogP) is 6.22. The van der Waals surface area contributed by atoms with E-state index < -0.39 is 0 Å². The van der Waals surface area contributed by atoms with Gasteiger partial charge in [-0.15, -0.1) is 10.2 Å². The van der Waals surface area contributed by atoms with Crippen molar-refractivity contribution < 1.29 is 4.79 Å². The van der Waals surface area contributed by atoms with Gasteiger partial charge in [0.2, 0.25) is 11.0 Å². The number of anilines is 1. The average molecular weight is 482 g/mol. The fraction of sp³-hybridized carbons (Fsp3) is 0.217. The lowest BCUT2D eigenvalue weighted by Gasteiger charge is -2.11. The molecule has 1 atom stereocenters. The number of rotatable bonds is 9. The summed E-state index contributed by atoms with van der Waals surface area (Å²) >= 11 is 4.44. The van der Waals surface area contributed by atoms with Crippen LogP contribution in [0.15, 0.2) is 70.2 Å². The number of hydrogen-bond acceptors (Lipinski definition) is 7. The molecule has 0 fully saturated rings. The van der Waals surface area contributed by atoms with Gasteiger partial charge in [-0.05, 0) is 12.2 Å². The van der Waals surface area contributed by atoms with E-state index >= 15 is 0 Å². The minimum Gasteiger partial charge on any atom is -0.332 e. The third-order valence-electron chi connectivity index (χ3n) is 4.61. The van der Waals surface area contributed by atoms with Crippen LogP contribution in [-0.2, 0) is 4.79 Å². The van der Waals surface area contributed by atoms with Crippen LogP contribution in [0.4, 0.5) is 5.13 Å². The van der Waals surface area contributed by atoms with Gasteiger partial charge in [0.25, 0.3) is 0 Å². The first-order valence-electron chi connectivity index (χ1n) is 10.3. The van der Waals surface area contributed by atoms with E-state index in [4.69, 9.17) is 4.98 Å². The Morgan fingerprint density at radius 2 is 1.72 bits per heavy atom. The summed E-state index contributed by atoms with van der Waals surface area (Å²) in [6.07, 6.45) is 0.661. The molecule has 0 saturated heterocycles. The summed E-state index contributed by atoms with van der Waals surface area (Å²) in [6, 6.07) is 20.2. The Kier molecular flexibility index (Phi) is 7.62. The number of amides is 1. The summed E-state index contributed by atoms with van der Waals surface area (Å²) in [7, 11) is 0. The molecule has 0 saturated carbocycles. The number of aromatic amines is 1. The molecule has 0 spiro atoms. The van der Waals surface area contributed by atoms with Crippen molar-refractivity contribution in [3.8, 4) is 22.5 Å². The molecule has 0 aliphatic carbocycles. The number of hydrogen-bond donors (Lipinski definition) is 2. The Labute approximate surface area is 199 Å². The molecule has 2 aromatic carbocycles. The Balaban J connectivity index is 1.57. The topological polar surface area (TPSA) is 83.6 Å². The molecule has 0 aliphatic rings. The lowest BCUT2D eigenvalue weighted by molar-refractivity contribution is -0.115. The molecule has 164 valence electrons. The highest BCUT2D eigenvalue weighted by molar-refractivity contribution is 8.01. The van der Waals surface area contributed by atoms with Gasteiger partial charge in [-0.2, -0.15) is 0 Å². The SMILES string of the molecule is CCSc1nnc(NC(=O)C(CC)Sc2nc(-c3ccccc3)c(-c3ccccc3)[nH]2)s1. The van der Waals surface area contributed by atoms with Crippen molar-refractivity contribution >= 4 is 45.9 Å². The first-order chi connectivity index (χ1) is 15.7. The van der Waals surface area contributed by atoms with E-state index in [1.54, 1.807) is 11.8 Å². The normalized spacial score (nSPS) is 11.9. The molecule has 6 nitrogen and oxygen atoms in total. The molecule has 1 amide bonds. The van der Waals surface area contributed by atoms with Crippen LogP contribution < -0.4 is 5.32 Å². The highest BCUT2D eigenvalue weighted by atomic mass is 32.2. The summed E-state index contributed by atoms with van der Waals surface area (Å²) in [4.78, 5) is 21.2. The number of nitrogens with zero attached hydrogens (tertiary/aromatic N) is 3. The second-order valence-corrected chi connectivity index (χ2v) is 10.5. The fourth-order valence-electron chi connectivity index (χ4n) is 3.11. The van der Waals surface area contributed by atoms with Gasteiger partial charge in [-0.1, -0.05) is 109 Å². The van der Waals surface area contributed by atoms with Crippen molar-refractivity contribution in [3.05, 3.63) is 60.7 Å².